The molecule has 4 nitrogen and oxygen atoms in total. The van der Waals surface area contributed by atoms with Crippen LogP contribution in [0, 0.1) is 15.9 Å². The first-order valence-corrected chi connectivity index (χ1v) is 6.96. The molecule has 0 bridgehead atoms. The molecule has 6 heteroatoms. The van der Waals surface area contributed by atoms with Crippen molar-refractivity contribution < 1.29 is 9.31 Å². The van der Waals surface area contributed by atoms with Crippen LogP contribution in [0.3, 0.4) is 0 Å². The van der Waals surface area contributed by atoms with Crippen LogP contribution >= 0.6 is 11.6 Å². The van der Waals surface area contributed by atoms with Crippen molar-refractivity contribution in [3.05, 3.63) is 64.0 Å². The number of nitro groups is 1. The smallest absolute Gasteiger partial charge is 0.269 e. The predicted molar refractivity (Wildman–Crippen MR) is 81.7 cm³/mol. The maximum absolute atomic E-state index is 13.0. The van der Waals surface area contributed by atoms with Gasteiger partial charge in [-0.15, -0.1) is 11.6 Å². The normalized spacial score (nSPS) is 10.4. The largest absolute Gasteiger partial charge is 0.342 e. The van der Waals surface area contributed by atoms with Crippen LogP contribution in [0.5, 0.6) is 0 Å². The zero-order valence-corrected chi connectivity index (χ0v) is 12.2. The van der Waals surface area contributed by atoms with Crippen molar-refractivity contribution in [1.29, 1.82) is 0 Å². The van der Waals surface area contributed by atoms with Crippen molar-refractivity contribution in [2.24, 2.45) is 0 Å². The van der Waals surface area contributed by atoms with Crippen molar-refractivity contribution in [1.82, 2.24) is 0 Å². The molecule has 0 saturated carbocycles. The minimum atomic E-state index is -0.450. The summed E-state index contributed by atoms with van der Waals surface area (Å²) in [5.74, 6) is -0.148. The molecule has 0 spiro atoms. The summed E-state index contributed by atoms with van der Waals surface area (Å²) < 4.78 is 13.0. The van der Waals surface area contributed by atoms with E-state index in [0.717, 1.165) is 11.4 Å². The third-order valence-corrected chi connectivity index (χ3v) is 3.45. The highest BCUT2D eigenvalue weighted by atomic mass is 35.5. The summed E-state index contributed by atoms with van der Waals surface area (Å²) in [5.41, 5.74) is 2.26. The molecule has 2 aromatic carbocycles. The molecule has 0 radical (unpaired) electrons. The molecule has 0 amide bonds. The predicted octanol–water partition coefficient (Wildman–Crippen LogP) is 4.63. The number of anilines is 2. The minimum absolute atomic E-state index is 0.00422. The van der Waals surface area contributed by atoms with Gasteiger partial charge in [0.25, 0.3) is 5.69 Å². The molecule has 2 aromatic rings. The van der Waals surface area contributed by atoms with Gasteiger partial charge in [-0.2, -0.15) is 0 Å². The van der Waals surface area contributed by atoms with Gasteiger partial charge in [-0.25, -0.2) is 4.39 Å². The highest BCUT2D eigenvalue weighted by Crippen LogP contribution is 2.32. The van der Waals surface area contributed by atoms with Crippen molar-refractivity contribution in [3.8, 4) is 0 Å². The van der Waals surface area contributed by atoms with E-state index >= 15 is 0 Å². The summed E-state index contributed by atoms with van der Waals surface area (Å²) in [7, 11) is 0. The van der Waals surface area contributed by atoms with Gasteiger partial charge in [0.1, 0.15) is 5.82 Å². The van der Waals surface area contributed by atoms with E-state index in [9.17, 15) is 14.5 Å². The monoisotopic (exact) mass is 308 g/mol. The van der Waals surface area contributed by atoms with E-state index in [1.807, 2.05) is 11.8 Å². The number of hydrogen-bond donors (Lipinski definition) is 0. The fraction of sp³-hybridized carbons (Fsp3) is 0.200. The zero-order chi connectivity index (χ0) is 15.4. The Balaban J connectivity index is 2.46. The van der Waals surface area contributed by atoms with Gasteiger partial charge in [0, 0.05) is 35.9 Å². The second-order valence-corrected chi connectivity index (χ2v) is 4.69. The second kappa shape index (κ2) is 6.54. The second-order valence-electron chi connectivity index (χ2n) is 4.42. The van der Waals surface area contributed by atoms with Crippen LogP contribution in [0.15, 0.2) is 42.5 Å². The van der Waals surface area contributed by atoms with Crippen LogP contribution in [0.2, 0.25) is 0 Å². The molecule has 0 atom stereocenters. The quantitative estimate of drug-likeness (QED) is 0.459. The van der Waals surface area contributed by atoms with Crippen LogP contribution in [0.1, 0.15) is 12.5 Å². The molecule has 0 heterocycles. The molecule has 2 rings (SSSR count). The molecule has 0 saturated heterocycles. The van der Waals surface area contributed by atoms with Gasteiger partial charge in [0.2, 0.25) is 0 Å². The van der Waals surface area contributed by atoms with Crippen molar-refractivity contribution >= 4 is 28.7 Å². The summed E-state index contributed by atoms with van der Waals surface area (Å²) in [6, 6.07) is 10.7. The molecule has 0 aromatic heterocycles. The van der Waals surface area contributed by atoms with Gasteiger partial charge >= 0.3 is 0 Å². The van der Waals surface area contributed by atoms with Crippen molar-refractivity contribution in [3.63, 3.8) is 0 Å². The van der Waals surface area contributed by atoms with Gasteiger partial charge in [0.15, 0.2) is 0 Å². The standard InChI is InChI=1S/C15H14ClFN2O2/c1-2-18(13-5-3-12(17)4-6-13)15-8-7-14(19(20)21)9-11(15)10-16/h3-9H,2,10H2,1H3. The Hall–Kier alpha value is -2.14. The summed E-state index contributed by atoms with van der Waals surface area (Å²) in [6.07, 6.45) is 0. The molecular weight excluding hydrogens is 295 g/mol. The first-order chi connectivity index (χ1) is 10.1. The maximum Gasteiger partial charge on any atom is 0.269 e. The van der Waals surface area contributed by atoms with Gasteiger partial charge in [-0.1, -0.05) is 0 Å². The van der Waals surface area contributed by atoms with Crippen LogP contribution < -0.4 is 4.90 Å². The highest BCUT2D eigenvalue weighted by Gasteiger charge is 2.15. The average Bonchev–Trinajstić information content (AvgIpc) is 2.50. The topological polar surface area (TPSA) is 46.4 Å². The van der Waals surface area contributed by atoms with Gasteiger partial charge < -0.3 is 4.90 Å². The SMILES string of the molecule is CCN(c1ccc(F)cc1)c1ccc([N+](=O)[O-])cc1CCl. The van der Waals surface area contributed by atoms with E-state index in [0.29, 0.717) is 12.1 Å². The number of alkyl halides is 1. The Morgan fingerprint density at radius 2 is 1.90 bits per heavy atom. The Bertz CT molecular complexity index is 647. The highest BCUT2D eigenvalue weighted by molar-refractivity contribution is 6.17. The number of halogens is 2. The number of hydrogen-bond acceptors (Lipinski definition) is 3. The van der Waals surface area contributed by atoms with E-state index in [1.54, 1.807) is 18.2 Å². The van der Waals surface area contributed by atoms with Gasteiger partial charge in [0.05, 0.1) is 4.92 Å². The van der Waals surface area contributed by atoms with Crippen molar-refractivity contribution in [2.45, 2.75) is 12.8 Å². The number of nitro benzene ring substituents is 1. The fourth-order valence-corrected chi connectivity index (χ4v) is 2.38. The molecule has 110 valence electrons. The third-order valence-electron chi connectivity index (χ3n) is 3.16. The Labute approximate surface area is 126 Å². The van der Waals surface area contributed by atoms with Crippen LogP contribution in [-0.4, -0.2) is 11.5 Å². The molecule has 0 aliphatic carbocycles. The van der Waals surface area contributed by atoms with Crippen molar-refractivity contribution in [2.75, 3.05) is 11.4 Å². The maximum atomic E-state index is 13.0. The fourth-order valence-electron chi connectivity index (χ4n) is 2.17. The lowest BCUT2D eigenvalue weighted by Crippen LogP contribution is -2.17. The molecule has 0 aliphatic heterocycles. The lowest BCUT2D eigenvalue weighted by atomic mass is 10.1. The van der Waals surface area contributed by atoms with E-state index in [-0.39, 0.29) is 17.4 Å². The minimum Gasteiger partial charge on any atom is -0.342 e. The third kappa shape index (κ3) is 3.31. The summed E-state index contributed by atoms with van der Waals surface area (Å²) in [4.78, 5) is 12.3. The van der Waals surface area contributed by atoms with E-state index in [2.05, 4.69) is 0 Å². The molecular formula is C15H14ClFN2O2. The molecule has 0 N–H and O–H groups in total. The number of rotatable bonds is 5. The van der Waals surface area contributed by atoms with Gasteiger partial charge in [-0.05, 0) is 42.8 Å². The zero-order valence-electron chi connectivity index (χ0n) is 11.4. The number of non-ortho nitro benzene ring substituents is 1. The Kier molecular flexibility index (Phi) is 4.75. The summed E-state index contributed by atoms with van der Waals surface area (Å²) >= 11 is 5.91. The average molecular weight is 309 g/mol. The molecule has 0 fully saturated rings. The number of benzene rings is 2. The lowest BCUT2D eigenvalue weighted by molar-refractivity contribution is -0.384. The summed E-state index contributed by atoms with van der Waals surface area (Å²) in [5, 5.41) is 10.8. The van der Waals surface area contributed by atoms with Crippen LogP contribution in [0.4, 0.5) is 21.5 Å². The molecule has 0 aliphatic rings. The molecule has 0 unspecified atom stereocenters. The van der Waals surface area contributed by atoms with Gasteiger partial charge in [-0.3, -0.25) is 10.1 Å². The van der Waals surface area contributed by atoms with E-state index in [4.69, 9.17) is 11.6 Å². The van der Waals surface area contributed by atoms with Crippen LogP contribution in [-0.2, 0) is 5.88 Å². The number of nitrogens with zero attached hydrogens (tertiary/aromatic N) is 2. The first-order valence-electron chi connectivity index (χ1n) is 6.43. The lowest BCUT2D eigenvalue weighted by Gasteiger charge is -2.25. The molecule has 21 heavy (non-hydrogen) atoms. The van der Waals surface area contributed by atoms with E-state index < -0.39 is 4.92 Å². The van der Waals surface area contributed by atoms with Crippen LogP contribution in [0.25, 0.3) is 0 Å². The first kappa shape index (κ1) is 15.3. The summed E-state index contributed by atoms with van der Waals surface area (Å²) in [6.45, 7) is 2.58. The Morgan fingerprint density at radius 3 is 2.43 bits per heavy atom. The van der Waals surface area contributed by atoms with E-state index in [1.165, 1.54) is 24.3 Å². The Morgan fingerprint density at radius 1 is 1.24 bits per heavy atom.